The predicted molar refractivity (Wildman–Crippen MR) is 61.8 cm³/mol. The van der Waals surface area contributed by atoms with Crippen LogP contribution >= 0.6 is 27.3 Å². The van der Waals surface area contributed by atoms with Crippen LogP contribution in [0.5, 0.6) is 0 Å². The number of aryl methyl sites for hydroxylation is 1. The molecule has 5 heteroatoms. The average molecular weight is 273 g/mol. The second-order valence-electron chi connectivity index (χ2n) is 2.79. The van der Waals surface area contributed by atoms with Gasteiger partial charge in [-0.1, -0.05) is 0 Å². The van der Waals surface area contributed by atoms with E-state index in [-0.39, 0.29) is 0 Å². The van der Waals surface area contributed by atoms with Crippen LogP contribution in [0, 0.1) is 6.92 Å². The summed E-state index contributed by atoms with van der Waals surface area (Å²) in [5.74, 6) is 0.838. The van der Waals surface area contributed by atoms with Crippen LogP contribution < -0.4 is 5.32 Å². The van der Waals surface area contributed by atoms with E-state index in [0.29, 0.717) is 6.01 Å². The molecule has 2 rings (SSSR count). The third-order valence-corrected chi connectivity index (χ3v) is 3.43. The number of oxazole rings is 1. The van der Waals surface area contributed by atoms with Crippen molar-refractivity contribution in [1.29, 1.82) is 0 Å². The van der Waals surface area contributed by atoms with Gasteiger partial charge in [0, 0.05) is 7.05 Å². The Kier molecular flexibility index (Phi) is 2.60. The zero-order chi connectivity index (χ0) is 10.1. The molecule has 1 N–H and O–H groups in total. The fourth-order valence-corrected chi connectivity index (χ4v) is 2.59. The molecule has 2 aromatic heterocycles. The van der Waals surface area contributed by atoms with Crippen molar-refractivity contribution in [3.63, 3.8) is 0 Å². The zero-order valence-corrected chi connectivity index (χ0v) is 10.2. The highest BCUT2D eigenvalue weighted by Crippen LogP contribution is 2.34. The normalized spacial score (nSPS) is 10.5. The minimum absolute atomic E-state index is 0.557. The van der Waals surface area contributed by atoms with Crippen LogP contribution in [0.3, 0.4) is 0 Å². The first-order chi connectivity index (χ1) is 6.70. The highest BCUT2D eigenvalue weighted by atomic mass is 79.9. The summed E-state index contributed by atoms with van der Waals surface area (Å²) in [6.07, 6.45) is 0. The van der Waals surface area contributed by atoms with E-state index >= 15 is 0 Å². The number of thiophene rings is 1. The lowest BCUT2D eigenvalue weighted by molar-refractivity contribution is 0.590. The smallest absolute Gasteiger partial charge is 0.295 e. The maximum atomic E-state index is 5.53. The number of hydrogen-bond acceptors (Lipinski definition) is 4. The number of aromatic nitrogens is 1. The predicted octanol–water partition coefficient (Wildman–Crippen LogP) is 3.52. The standard InChI is InChI=1S/C9H9BrN2OS/c1-5-8(13-9(11-2)12-5)6-3-4-7(10)14-6/h3-4H,1-2H3,(H,11,12). The lowest BCUT2D eigenvalue weighted by atomic mass is 10.3. The van der Waals surface area contributed by atoms with Crippen molar-refractivity contribution < 1.29 is 4.42 Å². The Morgan fingerprint density at radius 1 is 1.50 bits per heavy atom. The maximum Gasteiger partial charge on any atom is 0.295 e. The number of rotatable bonds is 2. The van der Waals surface area contributed by atoms with Crippen molar-refractivity contribution in [2.24, 2.45) is 0 Å². The molecule has 0 aliphatic heterocycles. The molecule has 0 amide bonds. The van der Waals surface area contributed by atoms with E-state index in [1.54, 1.807) is 18.4 Å². The molecule has 0 bridgehead atoms. The second kappa shape index (κ2) is 3.74. The SMILES string of the molecule is CNc1nc(C)c(-c2ccc(Br)s2)o1. The minimum Gasteiger partial charge on any atom is -0.422 e. The van der Waals surface area contributed by atoms with Crippen LogP contribution in [0.4, 0.5) is 6.01 Å². The van der Waals surface area contributed by atoms with Crippen LogP contribution in [-0.4, -0.2) is 12.0 Å². The summed E-state index contributed by atoms with van der Waals surface area (Å²) in [5, 5.41) is 2.88. The molecule has 2 aromatic rings. The van der Waals surface area contributed by atoms with Gasteiger partial charge >= 0.3 is 0 Å². The molecule has 74 valence electrons. The molecule has 3 nitrogen and oxygen atoms in total. The Hall–Kier alpha value is -0.810. The van der Waals surface area contributed by atoms with Gasteiger partial charge in [0.05, 0.1) is 14.4 Å². The van der Waals surface area contributed by atoms with Gasteiger partial charge in [0.1, 0.15) is 0 Å². The van der Waals surface area contributed by atoms with E-state index in [1.807, 2.05) is 19.1 Å². The molecule has 2 heterocycles. The van der Waals surface area contributed by atoms with Crippen molar-refractivity contribution in [1.82, 2.24) is 4.98 Å². The van der Waals surface area contributed by atoms with Gasteiger partial charge in [0.15, 0.2) is 5.76 Å². The Bertz CT molecular complexity index is 449. The van der Waals surface area contributed by atoms with Crippen molar-refractivity contribution >= 4 is 33.3 Å². The molecule has 0 radical (unpaired) electrons. The van der Waals surface area contributed by atoms with Gasteiger partial charge in [-0.2, -0.15) is 4.98 Å². The quantitative estimate of drug-likeness (QED) is 0.909. The van der Waals surface area contributed by atoms with E-state index in [2.05, 4.69) is 26.2 Å². The molecule has 0 aromatic carbocycles. The van der Waals surface area contributed by atoms with E-state index in [0.717, 1.165) is 20.1 Å². The average Bonchev–Trinajstić information content (AvgIpc) is 2.71. The topological polar surface area (TPSA) is 38.1 Å². The summed E-state index contributed by atoms with van der Waals surface area (Å²) in [7, 11) is 1.79. The molecule has 0 aliphatic carbocycles. The summed E-state index contributed by atoms with van der Waals surface area (Å²) in [6.45, 7) is 1.94. The lowest BCUT2D eigenvalue weighted by Crippen LogP contribution is -1.85. The van der Waals surface area contributed by atoms with Crippen LogP contribution in [0.2, 0.25) is 0 Å². The summed E-state index contributed by atoms with van der Waals surface area (Å²) >= 11 is 5.05. The van der Waals surface area contributed by atoms with Gasteiger partial charge in [-0.3, -0.25) is 0 Å². The third kappa shape index (κ3) is 1.69. The van der Waals surface area contributed by atoms with Crippen molar-refractivity contribution in [2.45, 2.75) is 6.92 Å². The number of anilines is 1. The summed E-state index contributed by atoms with van der Waals surface area (Å²) in [6, 6.07) is 4.57. The molecule has 0 atom stereocenters. The van der Waals surface area contributed by atoms with Gasteiger partial charge in [0.25, 0.3) is 6.01 Å². The highest BCUT2D eigenvalue weighted by Gasteiger charge is 2.12. The van der Waals surface area contributed by atoms with Gasteiger partial charge in [-0.05, 0) is 35.0 Å². The molecule has 0 saturated carbocycles. The highest BCUT2D eigenvalue weighted by molar-refractivity contribution is 9.11. The molecule has 0 fully saturated rings. The van der Waals surface area contributed by atoms with E-state index in [9.17, 15) is 0 Å². The van der Waals surface area contributed by atoms with Crippen LogP contribution in [0.1, 0.15) is 5.69 Å². The van der Waals surface area contributed by atoms with Gasteiger partial charge in [0.2, 0.25) is 0 Å². The molecule has 14 heavy (non-hydrogen) atoms. The van der Waals surface area contributed by atoms with E-state index in [1.165, 1.54) is 0 Å². The third-order valence-electron chi connectivity index (χ3n) is 1.81. The molecule has 0 saturated heterocycles. The van der Waals surface area contributed by atoms with Crippen LogP contribution in [0.15, 0.2) is 20.3 Å². The molecule has 0 unspecified atom stereocenters. The number of nitrogens with one attached hydrogen (secondary N) is 1. The number of hydrogen-bond donors (Lipinski definition) is 1. The van der Waals surface area contributed by atoms with Crippen LogP contribution in [0.25, 0.3) is 10.6 Å². The van der Waals surface area contributed by atoms with E-state index in [4.69, 9.17) is 4.42 Å². The molecule has 0 aliphatic rings. The van der Waals surface area contributed by atoms with Gasteiger partial charge in [-0.25, -0.2) is 0 Å². The number of nitrogens with zero attached hydrogens (tertiary/aromatic N) is 1. The Labute approximate surface area is 94.3 Å². The first-order valence-electron chi connectivity index (χ1n) is 4.11. The van der Waals surface area contributed by atoms with Gasteiger partial charge < -0.3 is 9.73 Å². The maximum absolute atomic E-state index is 5.53. The fourth-order valence-electron chi connectivity index (χ4n) is 1.17. The molecular formula is C9H9BrN2OS. The Morgan fingerprint density at radius 3 is 2.79 bits per heavy atom. The lowest BCUT2D eigenvalue weighted by Gasteiger charge is -1.90. The summed E-state index contributed by atoms with van der Waals surface area (Å²) < 4.78 is 6.62. The molecule has 0 spiro atoms. The van der Waals surface area contributed by atoms with Crippen molar-refractivity contribution in [2.75, 3.05) is 12.4 Å². The largest absolute Gasteiger partial charge is 0.422 e. The monoisotopic (exact) mass is 272 g/mol. The van der Waals surface area contributed by atoms with E-state index < -0.39 is 0 Å². The Morgan fingerprint density at radius 2 is 2.29 bits per heavy atom. The first kappa shape index (κ1) is 9.73. The fraction of sp³-hybridized carbons (Fsp3) is 0.222. The van der Waals surface area contributed by atoms with Crippen molar-refractivity contribution in [3.8, 4) is 10.6 Å². The van der Waals surface area contributed by atoms with Crippen LogP contribution in [-0.2, 0) is 0 Å². The zero-order valence-electron chi connectivity index (χ0n) is 7.80. The summed E-state index contributed by atoms with van der Waals surface area (Å²) in [4.78, 5) is 5.31. The Balaban J connectivity index is 2.45. The van der Waals surface area contributed by atoms with Crippen molar-refractivity contribution in [3.05, 3.63) is 21.6 Å². The minimum atomic E-state index is 0.557. The summed E-state index contributed by atoms with van der Waals surface area (Å²) in [5.41, 5.74) is 0.906. The van der Waals surface area contributed by atoms with Gasteiger partial charge in [-0.15, -0.1) is 11.3 Å². The molecular weight excluding hydrogens is 264 g/mol. The second-order valence-corrected chi connectivity index (χ2v) is 5.25. The number of halogens is 1. The first-order valence-corrected chi connectivity index (χ1v) is 5.72.